The van der Waals surface area contributed by atoms with Crippen LogP contribution in [0, 0.1) is 9.49 Å². The van der Waals surface area contributed by atoms with Crippen molar-refractivity contribution in [2.24, 2.45) is 11.7 Å². The normalized spacial score (nSPS) is 16.8. The molecule has 1 aromatic carbocycles. The van der Waals surface area contributed by atoms with Crippen LogP contribution >= 0.6 is 45.5 Å². The van der Waals surface area contributed by atoms with E-state index in [1.807, 2.05) is 23.5 Å². The van der Waals surface area contributed by atoms with Crippen molar-refractivity contribution in [3.63, 3.8) is 0 Å². The lowest BCUT2D eigenvalue weighted by atomic mass is 10.1. The van der Waals surface area contributed by atoms with Crippen LogP contribution in [0.25, 0.3) is 10.4 Å². The Morgan fingerprint density at radius 2 is 2.06 bits per heavy atom. The van der Waals surface area contributed by atoms with Crippen molar-refractivity contribution < 1.29 is 0 Å². The zero-order chi connectivity index (χ0) is 12.7. The minimum Gasteiger partial charge on any atom is -0.323 e. The quantitative estimate of drug-likeness (QED) is 0.728. The summed E-state index contributed by atoms with van der Waals surface area (Å²) in [5.74, 6) is 0.709. The number of hydrogen-bond donors (Lipinski definition) is 1. The molecule has 1 nitrogen and oxygen atoms in total. The topological polar surface area (TPSA) is 26.0 Å². The largest absolute Gasteiger partial charge is 0.323 e. The number of halogens is 2. The number of benzene rings is 1. The Labute approximate surface area is 129 Å². The Bertz CT molecular complexity index is 577. The minimum atomic E-state index is 0.230. The first-order chi connectivity index (χ1) is 8.65. The first kappa shape index (κ1) is 12.9. The van der Waals surface area contributed by atoms with Gasteiger partial charge in [0.15, 0.2) is 0 Å². The molecule has 0 bridgehead atoms. The fourth-order valence-corrected chi connectivity index (χ4v) is 4.54. The van der Waals surface area contributed by atoms with Crippen LogP contribution in [-0.4, -0.2) is 0 Å². The van der Waals surface area contributed by atoms with Gasteiger partial charge in [0.05, 0.1) is 0 Å². The highest BCUT2D eigenvalue weighted by Crippen LogP contribution is 2.43. The maximum atomic E-state index is 6.24. The molecule has 94 valence electrons. The Balaban J connectivity index is 1.92. The van der Waals surface area contributed by atoms with Gasteiger partial charge >= 0.3 is 0 Å². The zero-order valence-electron chi connectivity index (χ0n) is 9.70. The van der Waals surface area contributed by atoms with Crippen LogP contribution < -0.4 is 5.73 Å². The fraction of sp³-hybridized carbons (Fsp3) is 0.286. The van der Waals surface area contributed by atoms with E-state index in [2.05, 4.69) is 40.8 Å². The van der Waals surface area contributed by atoms with Gasteiger partial charge in [-0.05, 0) is 65.6 Å². The third-order valence-corrected chi connectivity index (χ3v) is 5.63. The lowest BCUT2D eigenvalue weighted by Crippen LogP contribution is -2.10. The third kappa shape index (κ3) is 2.59. The van der Waals surface area contributed by atoms with E-state index < -0.39 is 0 Å². The standard InChI is InChI=1S/C14H13ClINS/c15-9-3-4-10(11(16)7-9)12-5-6-13(18-12)14(17)8-1-2-8/h3-8,14H,1-2,17H2. The van der Waals surface area contributed by atoms with E-state index >= 15 is 0 Å². The van der Waals surface area contributed by atoms with E-state index in [1.54, 1.807) is 0 Å². The van der Waals surface area contributed by atoms with Crippen molar-refractivity contribution in [1.82, 2.24) is 0 Å². The van der Waals surface area contributed by atoms with Crippen LogP contribution in [0.15, 0.2) is 30.3 Å². The molecular formula is C14H13ClINS. The van der Waals surface area contributed by atoms with Crippen molar-refractivity contribution in [3.05, 3.63) is 43.8 Å². The second-order valence-corrected chi connectivity index (χ2v) is 7.40. The second-order valence-electron chi connectivity index (χ2n) is 4.69. The predicted octanol–water partition coefficient (Wildman–Crippen LogP) is 5.08. The molecule has 1 aliphatic rings. The van der Waals surface area contributed by atoms with Crippen LogP contribution in [0.1, 0.15) is 23.8 Å². The molecule has 2 N–H and O–H groups in total. The Morgan fingerprint density at radius 3 is 2.72 bits per heavy atom. The van der Waals surface area contributed by atoms with Gasteiger partial charge in [-0.2, -0.15) is 0 Å². The SMILES string of the molecule is NC(c1ccc(-c2ccc(Cl)cc2I)s1)C1CC1. The highest BCUT2D eigenvalue weighted by molar-refractivity contribution is 14.1. The van der Waals surface area contributed by atoms with Gasteiger partial charge in [0, 0.05) is 30.0 Å². The summed E-state index contributed by atoms with van der Waals surface area (Å²) in [6.07, 6.45) is 2.57. The van der Waals surface area contributed by atoms with Gasteiger partial charge in [0.25, 0.3) is 0 Å². The third-order valence-electron chi connectivity index (χ3n) is 3.28. The zero-order valence-corrected chi connectivity index (χ0v) is 13.4. The smallest absolute Gasteiger partial charge is 0.0418 e. The first-order valence-corrected chi connectivity index (χ1v) is 8.23. The average molecular weight is 390 g/mol. The monoisotopic (exact) mass is 389 g/mol. The number of thiophene rings is 1. The minimum absolute atomic E-state index is 0.230. The van der Waals surface area contributed by atoms with Crippen LogP contribution in [0.2, 0.25) is 5.02 Å². The molecule has 1 unspecified atom stereocenters. The molecule has 1 atom stereocenters. The molecule has 1 aliphatic carbocycles. The first-order valence-electron chi connectivity index (χ1n) is 5.96. The molecule has 0 radical (unpaired) electrons. The highest BCUT2D eigenvalue weighted by Gasteiger charge is 2.30. The molecule has 1 fully saturated rings. The molecule has 1 aromatic heterocycles. The number of nitrogens with two attached hydrogens (primary N) is 1. The Kier molecular flexibility index (Phi) is 3.67. The van der Waals surface area contributed by atoms with Gasteiger partial charge in [-0.1, -0.05) is 17.7 Å². The lowest BCUT2D eigenvalue weighted by Gasteiger charge is -2.06. The predicted molar refractivity (Wildman–Crippen MR) is 87.1 cm³/mol. The van der Waals surface area contributed by atoms with Crippen molar-refractivity contribution in [2.45, 2.75) is 18.9 Å². The van der Waals surface area contributed by atoms with Gasteiger partial charge in [0.2, 0.25) is 0 Å². The summed E-state index contributed by atoms with van der Waals surface area (Å²) in [7, 11) is 0. The molecule has 2 aromatic rings. The summed E-state index contributed by atoms with van der Waals surface area (Å²) in [6, 6.07) is 10.6. The van der Waals surface area contributed by atoms with Gasteiger partial charge in [-0.3, -0.25) is 0 Å². The van der Waals surface area contributed by atoms with Gasteiger partial charge in [0.1, 0.15) is 0 Å². The number of rotatable bonds is 3. The summed E-state index contributed by atoms with van der Waals surface area (Å²) in [5, 5.41) is 0.787. The molecule has 1 heterocycles. The maximum absolute atomic E-state index is 6.24. The van der Waals surface area contributed by atoms with E-state index in [0.717, 1.165) is 5.02 Å². The van der Waals surface area contributed by atoms with Crippen molar-refractivity contribution in [2.75, 3.05) is 0 Å². The van der Waals surface area contributed by atoms with E-state index in [1.165, 1.54) is 31.7 Å². The van der Waals surface area contributed by atoms with Gasteiger partial charge in [-0.15, -0.1) is 11.3 Å². The Hall–Kier alpha value is -0.100. The molecule has 0 spiro atoms. The average Bonchev–Trinajstić information content (AvgIpc) is 3.07. The van der Waals surface area contributed by atoms with Crippen LogP contribution in [0.4, 0.5) is 0 Å². The van der Waals surface area contributed by atoms with E-state index in [-0.39, 0.29) is 6.04 Å². The molecule has 0 aliphatic heterocycles. The van der Waals surface area contributed by atoms with Crippen molar-refractivity contribution in [1.29, 1.82) is 0 Å². The lowest BCUT2D eigenvalue weighted by molar-refractivity contribution is 0.645. The van der Waals surface area contributed by atoms with E-state index in [0.29, 0.717) is 5.92 Å². The summed E-state index contributed by atoms with van der Waals surface area (Å²) >= 11 is 10.1. The Morgan fingerprint density at radius 1 is 1.28 bits per heavy atom. The molecule has 3 rings (SSSR count). The van der Waals surface area contributed by atoms with Crippen LogP contribution in [-0.2, 0) is 0 Å². The fourth-order valence-electron chi connectivity index (χ4n) is 2.05. The van der Waals surface area contributed by atoms with Crippen molar-refractivity contribution in [3.8, 4) is 10.4 Å². The summed E-state index contributed by atoms with van der Waals surface area (Å²) < 4.78 is 1.19. The molecular weight excluding hydrogens is 377 g/mol. The summed E-state index contributed by atoms with van der Waals surface area (Å²) in [6.45, 7) is 0. The molecule has 0 saturated heterocycles. The second kappa shape index (κ2) is 5.12. The highest BCUT2D eigenvalue weighted by atomic mass is 127. The molecule has 4 heteroatoms. The molecule has 0 amide bonds. The van der Waals surface area contributed by atoms with Crippen LogP contribution in [0.3, 0.4) is 0 Å². The van der Waals surface area contributed by atoms with E-state index in [9.17, 15) is 0 Å². The van der Waals surface area contributed by atoms with E-state index in [4.69, 9.17) is 17.3 Å². The van der Waals surface area contributed by atoms with Gasteiger partial charge < -0.3 is 5.73 Å². The molecule has 18 heavy (non-hydrogen) atoms. The summed E-state index contributed by atoms with van der Waals surface area (Å²) in [5.41, 5.74) is 7.49. The summed E-state index contributed by atoms with van der Waals surface area (Å²) in [4.78, 5) is 2.58. The van der Waals surface area contributed by atoms with Gasteiger partial charge in [-0.25, -0.2) is 0 Å². The van der Waals surface area contributed by atoms with Crippen LogP contribution in [0.5, 0.6) is 0 Å². The van der Waals surface area contributed by atoms with Crippen molar-refractivity contribution >= 4 is 45.5 Å². The maximum Gasteiger partial charge on any atom is 0.0418 e. The molecule has 1 saturated carbocycles. The number of hydrogen-bond acceptors (Lipinski definition) is 2.